The van der Waals surface area contributed by atoms with Crippen LogP contribution in [0.5, 0.6) is 0 Å². The molecule has 0 atom stereocenters. The van der Waals surface area contributed by atoms with Gasteiger partial charge in [-0.25, -0.2) is 4.79 Å². The number of hydrogen-bond acceptors (Lipinski definition) is 2. The highest BCUT2D eigenvalue weighted by molar-refractivity contribution is 5.89. The smallest absolute Gasteiger partial charge is 0.417 e. The first-order valence-corrected chi connectivity index (χ1v) is 6.23. The van der Waals surface area contributed by atoms with Crippen molar-refractivity contribution < 1.29 is 23.1 Å². The second-order valence-electron chi connectivity index (χ2n) is 3.94. The zero-order valence-electron chi connectivity index (χ0n) is 11.8. The van der Waals surface area contributed by atoms with Gasteiger partial charge in [0.1, 0.15) is 0 Å². The third-order valence-corrected chi connectivity index (χ3v) is 2.56. The Labute approximate surface area is 119 Å². The van der Waals surface area contributed by atoms with Crippen LogP contribution in [0.4, 0.5) is 13.2 Å². The van der Waals surface area contributed by atoms with Crippen LogP contribution in [0.3, 0.4) is 0 Å². The summed E-state index contributed by atoms with van der Waals surface area (Å²) in [5, 5.41) is 12.7. The molecule has 114 valence electrons. The molecule has 0 saturated carbocycles. The van der Waals surface area contributed by atoms with E-state index in [-0.39, 0.29) is 16.8 Å². The van der Waals surface area contributed by atoms with Crippen molar-refractivity contribution >= 4 is 5.97 Å². The van der Waals surface area contributed by atoms with Crippen LogP contribution in [0, 0.1) is 0 Å². The van der Waals surface area contributed by atoms with E-state index in [0.29, 0.717) is 0 Å². The van der Waals surface area contributed by atoms with Crippen LogP contribution in [-0.4, -0.2) is 20.9 Å². The Hall–Kier alpha value is -2.31. The van der Waals surface area contributed by atoms with E-state index < -0.39 is 17.7 Å². The van der Waals surface area contributed by atoms with Crippen molar-refractivity contribution in [2.24, 2.45) is 7.05 Å². The van der Waals surface area contributed by atoms with Gasteiger partial charge in [-0.15, -0.1) is 0 Å². The van der Waals surface area contributed by atoms with Gasteiger partial charge in [0.2, 0.25) is 0 Å². The van der Waals surface area contributed by atoms with Crippen molar-refractivity contribution in [2.75, 3.05) is 0 Å². The second kappa shape index (κ2) is 6.43. The highest BCUT2D eigenvalue weighted by Gasteiger charge is 2.34. The summed E-state index contributed by atoms with van der Waals surface area (Å²) < 4.78 is 40.0. The average Bonchev–Trinajstić information content (AvgIpc) is 2.86. The first-order valence-electron chi connectivity index (χ1n) is 6.23. The number of carbonyl (C=O) groups is 1. The molecule has 7 heteroatoms. The third kappa shape index (κ3) is 3.84. The first kappa shape index (κ1) is 16.7. The standard InChI is InChI=1S/C12H9F3N2O2.C2H6/c1-17-5-4-10(16-17)8-6-7(11(18)19)2-3-9(8)12(13,14)15;1-2/h2-6H,1H3,(H,18,19);1-2H3. The number of rotatable bonds is 2. The molecule has 1 aromatic heterocycles. The van der Waals surface area contributed by atoms with Gasteiger partial charge in [-0.3, -0.25) is 4.68 Å². The van der Waals surface area contributed by atoms with Gasteiger partial charge in [0.15, 0.2) is 0 Å². The van der Waals surface area contributed by atoms with Crippen LogP contribution in [0.2, 0.25) is 0 Å². The van der Waals surface area contributed by atoms with E-state index in [9.17, 15) is 18.0 Å². The molecular formula is C14H15F3N2O2. The first-order chi connectivity index (χ1) is 9.79. The van der Waals surface area contributed by atoms with Crippen LogP contribution in [0.25, 0.3) is 11.3 Å². The number of halogens is 3. The fraction of sp³-hybridized carbons (Fsp3) is 0.286. The van der Waals surface area contributed by atoms with Crippen LogP contribution < -0.4 is 0 Å². The summed E-state index contributed by atoms with van der Waals surface area (Å²) in [6.45, 7) is 4.00. The van der Waals surface area contributed by atoms with Crippen molar-refractivity contribution in [3.8, 4) is 11.3 Å². The van der Waals surface area contributed by atoms with Gasteiger partial charge in [0.05, 0.1) is 16.8 Å². The SMILES string of the molecule is CC.Cn1ccc(-c2cc(C(=O)O)ccc2C(F)(F)F)n1. The Bertz CT molecular complexity index is 633. The molecule has 0 unspecified atom stereocenters. The average molecular weight is 300 g/mol. The molecule has 1 aromatic carbocycles. The Morgan fingerprint density at radius 3 is 2.29 bits per heavy atom. The van der Waals surface area contributed by atoms with Crippen molar-refractivity contribution in [2.45, 2.75) is 20.0 Å². The molecule has 0 fully saturated rings. The zero-order valence-corrected chi connectivity index (χ0v) is 11.8. The molecule has 1 heterocycles. The number of alkyl halides is 3. The molecule has 2 rings (SSSR count). The Kier molecular flexibility index (Phi) is 5.12. The van der Waals surface area contributed by atoms with Gasteiger partial charge in [0, 0.05) is 18.8 Å². The maximum absolute atomic E-state index is 12.9. The number of hydrogen-bond donors (Lipinski definition) is 1. The highest BCUT2D eigenvalue weighted by atomic mass is 19.4. The molecule has 1 N–H and O–H groups in total. The molecule has 0 aliphatic heterocycles. The van der Waals surface area contributed by atoms with Crippen molar-refractivity contribution in [1.29, 1.82) is 0 Å². The fourth-order valence-corrected chi connectivity index (χ4v) is 1.70. The van der Waals surface area contributed by atoms with Gasteiger partial charge in [-0.05, 0) is 24.3 Å². The lowest BCUT2D eigenvalue weighted by atomic mass is 10.0. The number of aromatic carboxylic acids is 1. The van der Waals surface area contributed by atoms with Gasteiger partial charge >= 0.3 is 12.1 Å². The number of carboxylic acid groups (broad SMARTS) is 1. The molecule has 0 radical (unpaired) electrons. The number of aromatic nitrogens is 2. The minimum absolute atomic E-state index is 0.0814. The molecule has 21 heavy (non-hydrogen) atoms. The summed E-state index contributed by atoms with van der Waals surface area (Å²) in [6, 6.07) is 4.06. The molecule has 2 aromatic rings. The van der Waals surface area contributed by atoms with Crippen molar-refractivity contribution in [1.82, 2.24) is 9.78 Å². The van der Waals surface area contributed by atoms with E-state index in [1.807, 2.05) is 13.8 Å². The van der Waals surface area contributed by atoms with Crippen molar-refractivity contribution in [3.05, 3.63) is 41.6 Å². The lowest BCUT2D eigenvalue weighted by Gasteiger charge is -2.12. The summed E-state index contributed by atoms with van der Waals surface area (Å²) in [7, 11) is 1.57. The van der Waals surface area contributed by atoms with E-state index in [1.54, 1.807) is 7.05 Å². The molecule has 0 bridgehead atoms. The largest absolute Gasteiger partial charge is 0.478 e. The van der Waals surface area contributed by atoms with E-state index in [2.05, 4.69) is 5.10 Å². The monoisotopic (exact) mass is 300 g/mol. The van der Waals surface area contributed by atoms with Gasteiger partial charge < -0.3 is 5.11 Å². The summed E-state index contributed by atoms with van der Waals surface area (Å²) in [5.41, 5.74) is -1.28. The van der Waals surface area contributed by atoms with Gasteiger partial charge in [-0.2, -0.15) is 18.3 Å². The molecular weight excluding hydrogens is 285 g/mol. The summed E-state index contributed by atoms with van der Waals surface area (Å²) in [6.07, 6.45) is -3.08. The summed E-state index contributed by atoms with van der Waals surface area (Å²) >= 11 is 0. The minimum Gasteiger partial charge on any atom is -0.478 e. The van der Waals surface area contributed by atoms with Crippen LogP contribution >= 0.6 is 0 Å². The molecule has 0 amide bonds. The zero-order chi connectivity index (χ0) is 16.2. The summed E-state index contributed by atoms with van der Waals surface area (Å²) in [5.74, 6) is -1.29. The maximum Gasteiger partial charge on any atom is 0.417 e. The fourth-order valence-electron chi connectivity index (χ4n) is 1.70. The molecule has 4 nitrogen and oxygen atoms in total. The topological polar surface area (TPSA) is 55.1 Å². The Morgan fingerprint density at radius 2 is 1.86 bits per heavy atom. The predicted molar refractivity (Wildman–Crippen MR) is 72.0 cm³/mol. The molecule has 0 spiro atoms. The van der Waals surface area contributed by atoms with Crippen LogP contribution in [-0.2, 0) is 13.2 Å². The van der Waals surface area contributed by atoms with E-state index in [1.165, 1.54) is 16.9 Å². The number of benzene rings is 1. The van der Waals surface area contributed by atoms with E-state index in [0.717, 1.165) is 18.2 Å². The Balaban J connectivity index is 0.00000106. The minimum atomic E-state index is -4.57. The van der Waals surface area contributed by atoms with Gasteiger partial charge in [-0.1, -0.05) is 13.8 Å². The Morgan fingerprint density at radius 1 is 1.24 bits per heavy atom. The van der Waals surface area contributed by atoms with E-state index in [4.69, 9.17) is 5.11 Å². The maximum atomic E-state index is 12.9. The van der Waals surface area contributed by atoms with Crippen molar-refractivity contribution in [3.63, 3.8) is 0 Å². The lowest BCUT2D eigenvalue weighted by Crippen LogP contribution is -2.09. The molecule has 0 aliphatic carbocycles. The second-order valence-corrected chi connectivity index (χ2v) is 3.94. The normalized spacial score (nSPS) is 10.8. The van der Waals surface area contributed by atoms with Gasteiger partial charge in [0.25, 0.3) is 0 Å². The molecule has 0 aliphatic rings. The molecule has 0 saturated heterocycles. The number of carboxylic acids is 1. The number of nitrogens with zero attached hydrogens (tertiary/aromatic N) is 2. The number of aryl methyl sites for hydroxylation is 1. The quantitative estimate of drug-likeness (QED) is 0.917. The lowest BCUT2D eigenvalue weighted by molar-refractivity contribution is -0.137. The predicted octanol–water partition coefficient (Wildman–Crippen LogP) is 3.83. The van der Waals surface area contributed by atoms with E-state index >= 15 is 0 Å². The van der Waals surface area contributed by atoms with Crippen LogP contribution in [0.1, 0.15) is 29.8 Å². The van der Waals surface area contributed by atoms with Crippen LogP contribution in [0.15, 0.2) is 30.5 Å². The highest BCUT2D eigenvalue weighted by Crippen LogP contribution is 2.36. The third-order valence-electron chi connectivity index (χ3n) is 2.56. The summed E-state index contributed by atoms with van der Waals surface area (Å²) in [4.78, 5) is 10.8.